The van der Waals surface area contributed by atoms with E-state index in [2.05, 4.69) is 25.2 Å². The fourth-order valence-corrected chi connectivity index (χ4v) is 2.86. The van der Waals surface area contributed by atoms with E-state index in [1.165, 1.54) is 0 Å². The van der Waals surface area contributed by atoms with Crippen molar-refractivity contribution in [2.24, 2.45) is 5.92 Å². The van der Waals surface area contributed by atoms with Crippen LogP contribution in [0.2, 0.25) is 0 Å². The molecule has 0 saturated carbocycles. The molecule has 1 fully saturated rings. The van der Waals surface area contributed by atoms with Gasteiger partial charge in [-0.1, -0.05) is 6.07 Å². The summed E-state index contributed by atoms with van der Waals surface area (Å²) in [5, 5.41) is 3.03. The maximum Gasteiger partial charge on any atom is 0.224 e. The predicted molar refractivity (Wildman–Crippen MR) is 87.9 cm³/mol. The van der Waals surface area contributed by atoms with E-state index in [0.29, 0.717) is 13.1 Å². The number of pyridine rings is 1. The van der Waals surface area contributed by atoms with Crippen LogP contribution in [0.5, 0.6) is 0 Å². The molecule has 0 aromatic carbocycles. The summed E-state index contributed by atoms with van der Waals surface area (Å²) in [5.74, 6) is 0.975. The van der Waals surface area contributed by atoms with E-state index in [1.54, 1.807) is 24.8 Å². The minimum absolute atomic E-state index is 0.00879. The molecule has 6 nitrogen and oxygen atoms in total. The summed E-state index contributed by atoms with van der Waals surface area (Å²) in [6.07, 6.45) is 9.55. The quantitative estimate of drug-likeness (QED) is 0.905. The Morgan fingerprint density at radius 1 is 1.26 bits per heavy atom. The molecule has 1 atom stereocenters. The summed E-state index contributed by atoms with van der Waals surface area (Å²) < 4.78 is 0. The van der Waals surface area contributed by atoms with Gasteiger partial charge in [0.1, 0.15) is 5.82 Å². The van der Waals surface area contributed by atoms with Crippen molar-refractivity contribution in [3.05, 3.63) is 48.7 Å². The molecule has 2 aromatic rings. The first-order valence-corrected chi connectivity index (χ1v) is 8.01. The van der Waals surface area contributed by atoms with Gasteiger partial charge in [-0.3, -0.25) is 14.8 Å². The SMILES string of the molecule is O=C(NCCc1ccccn1)C1CCCN(c2cnccn2)C1. The lowest BCUT2D eigenvalue weighted by molar-refractivity contribution is -0.125. The zero-order valence-corrected chi connectivity index (χ0v) is 13.1. The van der Waals surface area contributed by atoms with Gasteiger partial charge in [0.2, 0.25) is 5.91 Å². The Balaban J connectivity index is 1.49. The third kappa shape index (κ3) is 4.25. The van der Waals surface area contributed by atoms with Gasteiger partial charge >= 0.3 is 0 Å². The van der Waals surface area contributed by atoms with Crippen LogP contribution >= 0.6 is 0 Å². The first-order valence-electron chi connectivity index (χ1n) is 8.01. The average molecular weight is 311 g/mol. The van der Waals surface area contributed by atoms with Gasteiger partial charge in [0.05, 0.1) is 12.1 Å². The molecule has 3 heterocycles. The van der Waals surface area contributed by atoms with Crippen LogP contribution in [0.3, 0.4) is 0 Å². The summed E-state index contributed by atoms with van der Waals surface area (Å²) >= 11 is 0. The number of nitrogens with one attached hydrogen (secondary N) is 1. The van der Waals surface area contributed by atoms with Crippen molar-refractivity contribution in [2.75, 3.05) is 24.5 Å². The van der Waals surface area contributed by atoms with Crippen LogP contribution in [0.1, 0.15) is 18.5 Å². The van der Waals surface area contributed by atoms with Crippen LogP contribution in [0.15, 0.2) is 43.0 Å². The maximum absolute atomic E-state index is 12.4. The molecule has 23 heavy (non-hydrogen) atoms. The summed E-state index contributed by atoms with van der Waals surface area (Å²) in [6.45, 7) is 2.25. The standard InChI is InChI=1S/C17H21N5O/c23-17(21-8-6-15-5-1-2-7-19-15)14-4-3-11-22(13-14)16-12-18-9-10-20-16/h1-2,5,7,9-10,12,14H,3-4,6,8,11,13H2,(H,21,23). The Morgan fingerprint density at radius 3 is 3.00 bits per heavy atom. The van der Waals surface area contributed by atoms with Crippen LogP contribution in [-0.2, 0) is 11.2 Å². The lowest BCUT2D eigenvalue weighted by Crippen LogP contribution is -2.43. The first kappa shape index (κ1) is 15.4. The second-order valence-electron chi connectivity index (χ2n) is 5.71. The van der Waals surface area contributed by atoms with Crippen molar-refractivity contribution in [3.63, 3.8) is 0 Å². The molecule has 1 amide bonds. The van der Waals surface area contributed by atoms with Crippen molar-refractivity contribution in [2.45, 2.75) is 19.3 Å². The molecule has 1 N–H and O–H groups in total. The molecule has 3 rings (SSSR count). The highest BCUT2D eigenvalue weighted by atomic mass is 16.1. The smallest absolute Gasteiger partial charge is 0.224 e. The largest absolute Gasteiger partial charge is 0.355 e. The van der Waals surface area contributed by atoms with Gasteiger partial charge in [-0.2, -0.15) is 0 Å². The number of nitrogens with zero attached hydrogens (tertiary/aromatic N) is 4. The number of anilines is 1. The lowest BCUT2D eigenvalue weighted by Gasteiger charge is -2.32. The molecule has 0 radical (unpaired) electrons. The van der Waals surface area contributed by atoms with E-state index in [4.69, 9.17) is 0 Å². The van der Waals surface area contributed by atoms with Crippen LogP contribution < -0.4 is 10.2 Å². The fourth-order valence-electron chi connectivity index (χ4n) is 2.86. The third-order valence-electron chi connectivity index (χ3n) is 4.07. The molecule has 6 heteroatoms. The van der Waals surface area contributed by atoms with Gasteiger partial charge in [-0.05, 0) is 25.0 Å². The van der Waals surface area contributed by atoms with E-state index < -0.39 is 0 Å². The highest BCUT2D eigenvalue weighted by Gasteiger charge is 2.26. The van der Waals surface area contributed by atoms with Gasteiger partial charge in [0.15, 0.2) is 0 Å². The van der Waals surface area contributed by atoms with Crippen LogP contribution in [0.25, 0.3) is 0 Å². The molecule has 0 bridgehead atoms. The molecule has 120 valence electrons. The summed E-state index contributed by atoms with van der Waals surface area (Å²) in [6, 6.07) is 5.83. The Morgan fingerprint density at radius 2 is 2.22 bits per heavy atom. The molecule has 0 aliphatic carbocycles. The molecule has 1 unspecified atom stereocenters. The maximum atomic E-state index is 12.4. The molecule has 1 aliphatic heterocycles. The number of hydrogen-bond donors (Lipinski definition) is 1. The fraction of sp³-hybridized carbons (Fsp3) is 0.412. The Labute approximate surface area is 136 Å². The number of piperidine rings is 1. The van der Waals surface area contributed by atoms with Gasteiger partial charge < -0.3 is 10.2 Å². The van der Waals surface area contributed by atoms with Crippen molar-refractivity contribution in [1.29, 1.82) is 0 Å². The van der Waals surface area contributed by atoms with Gasteiger partial charge in [0, 0.05) is 50.3 Å². The van der Waals surface area contributed by atoms with Gasteiger partial charge in [-0.25, -0.2) is 4.98 Å². The summed E-state index contributed by atoms with van der Waals surface area (Å²) in [4.78, 5) is 27.2. The molecule has 0 spiro atoms. The van der Waals surface area contributed by atoms with Gasteiger partial charge in [-0.15, -0.1) is 0 Å². The molecular weight excluding hydrogens is 290 g/mol. The number of carbonyl (C=O) groups is 1. The van der Waals surface area contributed by atoms with E-state index in [9.17, 15) is 4.79 Å². The number of amides is 1. The number of hydrogen-bond acceptors (Lipinski definition) is 5. The van der Waals surface area contributed by atoms with Crippen molar-refractivity contribution in [1.82, 2.24) is 20.3 Å². The van der Waals surface area contributed by atoms with Gasteiger partial charge in [0.25, 0.3) is 0 Å². The van der Waals surface area contributed by atoms with E-state index in [1.807, 2.05) is 18.2 Å². The lowest BCUT2D eigenvalue weighted by atomic mass is 9.97. The monoisotopic (exact) mass is 311 g/mol. The average Bonchev–Trinajstić information content (AvgIpc) is 2.63. The second kappa shape index (κ2) is 7.67. The highest BCUT2D eigenvalue weighted by Crippen LogP contribution is 2.20. The molecule has 2 aromatic heterocycles. The highest BCUT2D eigenvalue weighted by molar-refractivity contribution is 5.79. The van der Waals surface area contributed by atoms with Crippen LogP contribution in [0, 0.1) is 5.92 Å². The minimum atomic E-state index is 0.00879. The summed E-state index contributed by atoms with van der Waals surface area (Å²) in [5.41, 5.74) is 0.998. The minimum Gasteiger partial charge on any atom is -0.355 e. The number of aromatic nitrogens is 3. The van der Waals surface area contributed by atoms with E-state index in [-0.39, 0.29) is 11.8 Å². The topological polar surface area (TPSA) is 71.0 Å². The Bertz CT molecular complexity index is 619. The Hall–Kier alpha value is -2.50. The second-order valence-corrected chi connectivity index (χ2v) is 5.71. The van der Waals surface area contributed by atoms with Crippen LogP contribution in [0.4, 0.5) is 5.82 Å². The first-order chi connectivity index (χ1) is 11.3. The molecule has 1 saturated heterocycles. The zero-order chi connectivity index (χ0) is 15.9. The molecule has 1 aliphatic rings. The Kier molecular flexibility index (Phi) is 5.13. The third-order valence-corrected chi connectivity index (χ3v) is 4.07. The van der Waals surface area contributed by atoms with Crippen LogP contribution in [-0.4, -0.2) is 40.5 Å². The van der Waals surface area contributed by atoms with E-state index in [0.717, 1.165) is 37.3 Å². The van der Waals surface area contributed by atoms with Crippen molar-refractivity contribution in [3.8, 4) is 0 Å². The number of rotatable bonds is 5. The normalized spacial score (nSPS) is 17.7. The summed E-state index contributed by atoms with van der Waals surface area (Å²) in [7, 11) is 0. The number of carbonyl (C=O) groups excluding carboxylic acids is 1. The van der Waals surface area contributed by atoms with Crippen molar-refractivity contribution < 1.29 is 4.79 Å². The predicted octanol–water partition coefficient (Wildman–Crippen LogP) is 1.45. The van der Waals surface area contributed by atoms with E-state index >= 15 is 0 Å². The molecular formula is C17H21N5O. The van der Waals surface area contributed by atoms with Crippen molar-refractivity contribution >= 4 is 11.7 Å². The zero-order valence-electron chi connectivity index (χ0n) is 13.1.